The fraction of sp³-hybridized carbons (Fsp3) is 0.231. The summed E-state index contributed by atoms with van der Waals surface area (Å²) in [4.78, 5) is 22.9. The van der Waals surface area contributed by atoms with E-state index in [1.807, 2.05) is 18.7 Å². The van der Waals surface area contributed by atoms with E-state index in [2.05, 4.69) is 32.2 Å². The number of rotatable bonds is 6. The number of halogens is 3. The maximum Gasteiger partial charge on any atom is 0.416 e. The molecule has 10 heteroatoms. The van der Waals surface area contributed by atoms with Crippen LogP contribution in [-0.4, -0.2) is 43.5 Å². The number of carbonyl (C=O) groups excluding carboxylic acids is 1. The maximum absolute atomic E-state index is 13.7. The van der Waals surface area contributed by atoms with Gasteiger partial charge in [-0.15, -0.1) is 0 Å². The highest BCUT2D eigenvalue weighted by Crippen LogP contribution is 2.34. The molecule has 0 saturated carbocycles. The zero-order chi connectivity index (χ0) is 25.7. The van der Waals surface area contributed by atoms with Crippen LogP contribution in [0.1, 0.15) is 46.6 Å². The number of imidazole rings is 1. The molecule has 0 aliphatic heterocycles. The van der Waals surface area contributed by atoms with Gasteiger partial charge in [0.05, 0.1) is 17.3 Å². The molecule has 36 heavy (non-hydrogen) atoms. The fourth-order valence-corrected chi connectivity index (χ4v) is 3.63. The van der Waals surface area contributed by atoms with Crippen LogP contribution in [0.15, 0.2) is 61.2 Å². The summed E-state index contributed by atoms with van der Waals surface area (Å²) in [6.45, 7) is 5.22. The summed E-state index contributed by atoms with van der Waals surface area (Å²) in [7, 11) is 0. The minimum absolute atomic E-state index is 0.0453. The number of aromatic nitrogens is 4. The van der Waals surface area contributed by atoms with Crippen molar-refractivity contribution in [2.75, 3.05) is 18.4 Å². The second-order valence-electron chi connectivity index (χ2n) is 7.93. The van der Waals surface area contributed by atoms with Gasteiger partial charge in [0, 0.05) is 36.4 Å². The first kappa shape index (κ1) is 24.9. The smallest absolute Gasteiger partial charge is 0.322 e. The number of alkyl halides is 3. The molecule has 0 fully saturated rings. The third kappa shape index (κ3) is 5.70. The quantitative estimate of drug-likeness (QED) is 0.397. The molecule has 1 amide bonds. The molecule has 0 radical (unpaired) electrons. The molecule has 7 nitrogen and oxygen atoms in total. The number of fused-ring (bicyclic) bond motifs is 1. The van der Waals surface area contributed by atoms with Gasteiger partial charge in [-0.3, -0.25) is 14.7 Å². The lowest BCUT2D eigenvalue weighted by Crippen LogP contribution is -2.24. The summed E-state index contributed by atoms with van der Waals surface area (Å²) >= 11 is 0. The van der Waals surface area contributed by atoms with Gasteiger partial charge >= 0.3 is 6.18 Å². The summed E-state index contributed by atoms with van der Waals surface area (Å²) in [5.74, 6) is 5.27. The lowest BCUT2D eigenvalue weighted by Gasteiger charge is -2.21. The van der Waals surface area contributed by atoms with Gasteiger partial charge < -0.3 is 5.32 Å². The third-order valence-electron chi connectivity index (χ3n) is 5.57. The van der Waals surface area contributed by atoms with Crippen LogP contribution in [0.5, 0.6) is 0 Å². The number of hydrogen-bond donors (Lipinski definition) is 1. The summed E-state index contributed by atoms with van der Waals surface area (Å²) in [6, 6.07) is 8.92. The predicted molar refractivity (Wildman–Crippen MR) is 129 cm³/mol. The summed E-state index contributed by atoms with van der Waals surface area (Å²) in [5, 5.41) is 6.73. The lowest BCUT2D eigenvalue weighted by molar-refractivity contribution is -0.138. The minimum atomic E-state index is -4.55. The Labute approximate surface area is 206 Å². The Morgan fingerprint density at radius 2 is 1.89 bits per heavy atom. The second-order valence-corrected chi connectivity index (χ2v) is 7.93. The van der Waals surface area contributed by atoms with Crippen LogP contribution in [-0.2, 0) is 12.7 Å². The van der Waals surface area contributed by atoms with E-state index in [0.29, 0.717) is 30.0 Å². The predicted octanol–water partition coefficient (Wildman–Crippen LogP) is 4.64. The average Bonchev–Trinajstić information content (AvgIpc) is 3.29. The molecular weight excluding hydrogens is 469 g/mol. The Bertz CT molecular complexity index is 1450. The first-order valence-electron chi connectivity index (χ1n) is 11.3. The summed E-state index contributed by atoms with van der Waals surface area (Å²) in [5.41, 5.74) is 1.26. The van der Waals surface area contributed by atoms with Gasteiger partial charge in [-0.05, 0) is 54.9 Å². The van der Waals surface area contributed by atoms with Gasteiger partial charge in [-0.2, -0.15) is 18.3 Å². The van der Waals surface area contributed by atoms with Crippen LogP contribution in [0.4, 0.5) is 18.9 Å². The Morgan fingerprint density at radius 1 is 1.08 bits per heavy atom. The molecule has 0 bridgehead atoms. The number of anilines is 1. The Hall–Kier alpha value is -4.23. The van der Waals surface area contributed by atoms with Gasteiger partial charge in [0.1, 0.15) is 5.69 Å². The molecule has 184 valence electrons. The zero-order valence-electron chi connectivity index (χ0n) is 19.7. The molecule has 3 aromatic heterocycles. The first-order valence-corrected chi connectivity index (χ1v) is 11.3. The van der Waals surface area contributed by atoms with Crippen molar-refractivity contribution in [1.29, 1.82) is 0 Å². The van der Waals surface area contributed by atoms with Gasteiger partial charge in [0.15, 0.2) is 5.65 Å². The molecule has 0 saturated heterocycles. The topological polar surface area (TPSA) is 75.4 Å². The molecule has 4 aromatic rings. The highest BCUT2D eigenvalue weighted by molar-refractivity contribution is 6.04. The fourth-order valence-electron chi connectivity index (χ4n) is 3.63. The van der Waals surface area contributed by atoms with Crippen molar-refractivity contribution in [3.63, 3.8) is 0 Å². The molecule has 3 heterocycles. The second kappa shape index (κ2) is 10.6. The van der Waals surface area contributed by atoms with E-state index >= 15 is 0 Å². The normalized spacial score (nSPS) is 11.4. The number of nitrogens with zero attached hydrogens (tertiary/aromatic N) is 5. The van der Waals surface area contributed by atoms with E-state index in [-0.39, 0.29) is 23.4 Å². The number of hydrogen-bond acceptors (Lipinski definition) is 5. The maximum atomic E-state index is 13.7. The van der Waals surface area contributed by atoms with Crippen molar-refractivity contribution >= 4 is 17.2 Å². The monoisotopic (exact) mass is 492 g/mol. The zero-order valence-corrected chi connectivity index (χ0v) is 19.7. The summed E-state index contributed by atoms with van der Waals surface area (Å²) in [6.07, 6.45) is 1.47. The molecular formula is C26H23F3N6O. The van der Waals surface area contributed by atoms with Crippen molar-refractivity contribution < 1.29 is 18.0 Å². The van der Waals surface area contributed by atoms with Crippen LogP contribution in [0.3, 0.4) is 0 Å². The Morgan fingerprint density at radius 3 is 2.64 bits per heavy atom. The Kier molecular flexibility index (Phi) is 7.31. The molecule has 0 aliphatic carbocycles. The number of carbonyl (C=O) groups is 1. The highest BCUT2D eigenvalue weighted by atomic mass is 19.4. The van der Waals surface area contributed by atoms with Crippen molar-refractivity contribution in [3.8, 4) is 11.8 Å². The third-order valence-corrected chi connectivity index (χ3v) is 5.57. The Balaban J connectivity index is 1.54. The van der Waals surface area contributed by atoms with Crippen molar-refractivity contribution in [1.82, 2.24) is 24.5 Å². The molecule has 0 atom stereocenters. The molecule has 1 aromatic carbocycles. The van der Waals surface area contributed by atoms with E-state index in [0.717, 1.165) is 6.07 Å². The largest absolute Gasteiger partial charge is 0.416 e. The van der Waals surface area contributed by atoms with Crippen molar-refractivity contribution in [2.45, 2.75) is 26.6 Å². The van der Waals surface area contributed by atoms with Gasteiger partial charge in [0.2, 0.25) is 0 Å². The molecule has 0 unspecified atom stereocenters. The van der Waals surface area contributed by atoms with Crippen LogP contribution in [0, 0.1) is 11.8 Å². The van der Waals surface area contributed by atoms with Gasteiger partial charge in [0.25, 0.3) is 5.91 Å². The van der Waals surface area contributed by atoms with Crippen LogP contribution < -0.4 is 5.32 Å². The van der Waals surface area contributed by atoms with E-state index < -0.39 is 17.6 Å². The van der Waals surface area contributed by atoms with E-state index in [9.17, 15) is 18.0 Å². The SMILES string of the molecule is CCN(CC)Cc1ccc(NC(=O)c2cncc(C#Cc3cnc4cccnn34)c2)cc1C(F)(F)F. The van der Waals surface area contributed by atoms with Crippen molar-refractivity contribution in [2.24, 2.45) is 0 Å². The first-order chi connectivity index (χ1) is 17.3. The molecule has 0 aliphatic rings. The number of amides is 1. The van der Waals surface area contributed by atoms with Crippen LogP contribution >= 0.6 is 0 Å². The van der Waals surface area contributed by atoms with Crippen LogP contribution in [0.2, 0.25) is 0 Å². The molecule has 1 N–H and O–H groups in total. The number of benzene rings is 1. The standard InChI is InChI=1S/C26H23F3N6O/c1-3-34(4-2)17-19-8-9-21(13-23(19)26(27,28)29)33-25(36)20-12-18(14-30-15-20)7-10-22-16-31-24-6-5-11-32-35(22)24/h5-6,8-9,11-16H,3-4,17H2,1-2H3,(H,33,36). The van der Waals surface area contributed by atoms with E-state index in [1.165, 1.54) is 30.6 Å². The van der Waals surface area contributed by atoms with Gasteiger partial charge in [-0.1, -0.05) is 25.8 Å². The summed E-state index contributed by atoms with van der Waals surface area (Å²) < 4.78 is 42.8. The van der Waals surface area contributed by atoms with Gasteiger partial charge in [-0.25, -0.2) is 9.50 Å². The number of nitrogens with one attached hydrogen (secondary N) is 1. The van der Waals surface area contributed by atoms with E-state index in [4.69, 9.17) is 0 Å². The average molecular weight is 493 g/mol. The number of pyridine rings is 1. The molecule has 0 spiro atoms. The minimum Gasteiger partial charge on any atom is -0.322 e. The van der Waals surface area contributed by atoms with Crippen molar-refractivity contribution in [3.05, 3.63) is 89.1 Å². The van der Waals surface area contributed by atoms with E-state index in [1.54, 1.807) is 29.0 Å². The lowest BCUT2D eigenvalue weighted by atomic mass is 10.0. The highest BCUT2D eigenvalue weighted by Gasteiger charge is 2.34. The van der Waals surface area contributed by atoms with Crippen LogP contribution in [0.25, 0.3) is 5.65 Å². The molecule has 4 rings (SSSR count).